The summed E-state index contributed by atoms with van der Waals surface area (Å²) in [6.07, 6.45) is -0.443. The van der Waals surface area contributed by atoms with Crippen LogP contribution in [0.15, 0.2) is 42.7 Å². The molecule has 186 valence electrons. The fourth-order valence-corrected chi connectivity index (χ4v) is 4.43. The number of carbonyl (C=O) groups excluding carboxylic acids is 1. The number of rotatable bonds is 6. The SMILES string of the molecule is C[C@H](O)C(=O)N1CCC(O)(c2cc3c(N[C@H](C)c4cccc(C(F)F)c4F)ccnc3cn2)CC1. The fraction of sp³-hybridized carbons (Fsp3) is 0.400. The van der Waals surface area contributed by atoms with Crippen molar-refractivity contribution in [2.45, 2.75) is 50.9 Å². The highest BCUT2D eigenvalue weighted by Gasteiger charge is 2.37. The standard InChI is InChI=1S/C25H27F3N4O3/c1-14(16-4-3-5-17(22(16)26)23(27)28)31-19-6-9-29-20-13-30-21(12-18(19)20)25(35)7-10-32(11-8-25)24(34)15(2)33/h3-6,9,12-15,23,33,35H,7-8,10-11H2,1-2H3,(H,29,31)/t14-,15+/m1/s1. The lowest BCUT2D eigenvalue weighted by Gasteiger charge is -2.38. The van der Waals surface area contributed by atoms with Crippen LogP contribution in [0.3, 0.4) is 0 Å². The molecule has 0 bridgehead atoms. The summed E-state index contributed by atoms with van der Waals surface area (Å²) in [6.45, 7) is 3.63. The third kappa shape index (κ3) is 4.94. The van der Waals surface area contributed by atoms with E-state index in [0.717, 1.165) is 6.07 Å². The number of anilines is 1. The maximum Gasteiger partial charge on any atom is 0.266 e. The van der Waals surface area contributed by atoms with E-state index < -0.39 is 35.6 Å². The smallest absolute Gasteiger partial charge is 0.266 e. The van der Waals surface area contributed by atoms with Crippen molar-refractivity contribution in [3.63, 3.8) is 0 Å². The van der Waals surface area contributed by atoms with Gasteiger partial charge in [0.25, 0.3) is 12.3 Å². The minimum Gasteiger partial charge on any atom is -0.384 e. The van der Waals surface area contributed by atoms with Gasteiger partial charge in [0.2, 0.25) is 0 Å². The quantitative estimate of drug-likeness (QED) is 0.484. The zero-order valence-electron chi connectivity index (χ0n) is 19.4. The number of hydrogen-bond donors (Lipinski definition) is 3. The van der Waals surface area contributed by atoms with Crippen molar-refractivity contribution in [2.75, 3.05) is 18.4 Å². The van der Waals surface area contributed by atoms with Crippen LogP contribution in [0.2, 0.25) is 0 Å². The summed E-state index contributed by atoms with van der Waals surface area (Å²) in [6, 6.07) is 6.68. The first-order valence-electron chi connectivity index (χ1n) is 11.4. The molecular weight excluding hydrogens is 461 g/mol. The van der Waals surface area contributed by atoms with Gasteiger partial charge in [0.15, 0.2) is 0 Å². The maximum atomic E-state index is 14.7. The number of aliphatic hydroxyl groups excluding tert-OH is 1. The van der Waals surface area contributed by atoms with E-state index in [-0.39, 0.29) is 37.4 Å². The van der Waals surface area contributed by atoms with E-state index in [1.807, 2.05) is 0 Å². The van der Waals surface area contributed by atoms with E-state index in [1.165, 1.54) is 30.2 Å². The molecule has 0 aliphatic carbocycles. The largest absolute Gasteiger partial charge is 0.384 e. The third-order valence-corrected chi connectivity index (χ3v) is 6.50. The number of halogens is 3. The summed E-state index contributed by atoms with van der Waals surface area (Å²) in [5.74, 6) is -1.33. The van der Waals surface area contributed by atoms with Crippen LogP contribution in [-0.4, -0.2) is 50.2 Å². The van der Waals surface area contributed by atoms with Gasteiger partial charge in [-0.3, -0.25) is 14.8 Å². The highest BCUT2D eigenvalue weighted by Crippen LogP contribution is 2.35. The zero-order chi connectivity index (χ0) is 25.3. The molecule has 3 N–H and O–H groups in total. The molecule has 2 aromatic heterocycles. The Bertz CT molecular complexity index is 1230. The molecule has 10 heteroatoms. The van der Waals surface area contributed by atoms with Crippen LogP contribution in [0, 0.1) is 5.82 Å². The van der Waals surface area contributed by atoms with Crippen molar-refractivity contribution < 1.29 is 28.2 Å². The molecule has 4 rings (SSSR count). The Hall–Kier alpha value is -3.24. The van der Waals surface area contributed by atoms with Crippen molar-refractivity contribution in [2.24, 2.45) is 0 Å². The van der Waals surface area contributed by atoms with Gasteiger partial charge in [0.1, 0.15) is 17.5 Å². The summed E-state index contributed by atoms with van der Waals surface area (Å²) in [7, 11) is 0. The number of aromatic nitrogens is 2. The molecule has 0 spiro atoms. The van der Waals surface area contributed by atoms with E-state index in [0.29, 0.717) is 22.3 Å². The minimum atomic E-state index is -2.92. The molecule has 1 amide bonds. The van der Waals surface area contributed by atoms with Crippen LogP contribution < -0.4 is 5.32 Å². The van der Waals surface area contributed by atoms with Gasteiger partial charge >= 0.3 is 0 Å². The topological polar surface area (TPSA) is 98.6 Å². The second-order valence-corrected chi connectivity index (χ2v) is 8.90. The summed E-state index contributed by atoms with van der Waals surface area (Å²) in [4.78, 5) is 22.3. The highest BCUT2D eigenvalue weighted by molar-refractivity contribution is 5.91. The number of benzene rings is 1. The molecular formula is C25H27F3N4O3. The van der Waals surface area contributed by atoms with Gasteiger partial charge in [-0.2, -0.15) is 0 Å². The Morgan fingerprint density at radius 3 is 2.49 bits per heavy atom. The van der Waals surface area contributed by atoms with Gasteiger partial charge in [-0.05, 0) is 38.8 Å². The minimum absolute atomic E-state index is 0.107. The number of amides is 1. The normalized spacial score (nSPS) is 17.4. The van der Waals surface area contributed by atoms with E-state index in [4.69, 9.17) is 0 Å². The van der Waals surface area contributed by atoms with E-state index in [1.54, 1.807) is 25.3 Å². The van der Waals surface area contributed by atoms with E-state index >= 15 is 0 Å². The van der Waals surface area contributed by atoms with Gasteiger partial charge in [-0.1, -0.05) is 18.2 Å². The first-order valence-corrected chi connectivity index (χ1v) is 11.4. The van der Waals surface area contributed by atoms with Crippen LogP contribution in [0.5, 0.6) is 0 Å². The van der Waals surface area contributed by atoms with Gasteiger partial charge in [-0.25, -0.2) is 13.2 Å². The third-order valence-electron chi connectivity index (χ3n) is 6.50. The van der Waals surface area contributed by atoms with Gasteiger partial charge in [-0.15, -0.1) is 0 Å². The molecule has 1 fully saturated rings. The van der Waals surface area contributed by atoms with Crippen molar-refractivity contribution in [3.05, 3.63) is 65.4 Å². The Morgan fingerprint density at radius 2 is 1.83 bits per heavy atom. The predicted molar refractivity (Wildman–Crippen MR) is 124 cm³/mol. The number of alkyl halides is 2. The molecule has 3 heterocycles. The summed E-state index contributed by atoms with van der Waals surface area (Å²) < 4.78 is 40.9. The number of carbonyl (C=O) groups is 1. The van der Waals surface area contributed by atoms with Crippen molar-refractivity contribution in [3.8, 4) is 0 Å². The molecule has 0 unspecified atom stereocenters. The lowest BCUT2D eigenvalue weighted by molar-refractivity contribution is -0.143. The van der Waals surface area contributed by atoms with Crippen LogP contribution >= 0.6 is 0 Å². The van der Waals surface area contributed by atoms with E-state index in [2.05, 4.69) is 15.3 Å². The molecule has 1 aliphatic rings. The maximum absolute atomic E-state index is 14.7. The van der Waals surface area contributed by atoms with Gasteiger partial charge in [0, 0.05) is 35.9 Å². The molecule has 7 nitrogen and oxygen atoms in total. The summed E-state index contributed by atoms with van der Waals surface area (Å²) in [5, 5.41) is 24.6. The molecule has 2 atom stereocenters. The Labute approximate surface area is 200 Å². The average molecular weight is 489 g/mol. The second-order valence-electron chi connectivity index (χ2n) is 8.90. The number of fused-ring (bicyclic) bond motifs is 1. The van der Waals surface area contributed by atoms with Crippen molar-refractivity contribution >= 4 is 22.5 Å². The highest BCUT2D eigenvalue weighted by atomic mass is 19.3. The van der Waals surface area contributed by atoms with Gasteiger partial charge < -0.3 is 20.4 Å². The average Bonchev–Trinajstić information content (AvgIpc) is 2.83. The number of nitrogens with one attached hydrogen (secondary N) is 1. The van der Waals surface area contributed by atoms with Crippen molar-refractivity contribution in [1.29, 1.82) is 0 Å². The number of pyridine rings is 2. The number of likely N-dealkylation sites (tertiary alicyclic amines) is 1. The summed E-state index contributed by atoms with van der Waals surface area (Å²) in [5.41, 5.74) is -0.291. The Morgan fingerprint density at radius 1 is 1.14 bits per heavy atom. The first kappa shape index (κ1) is 24.9. The molecule has 3 aromatic rings. The predicted octanol–water partition coefficient (Wildman–Crippen LogP) is 4.07. The van der Waals surface area contributed by atoms with Crippen LogP contribution in [-0.2, 0) is 10.4 Å². The van der Waals surface area contributed by atoms with Crippen molar-refractivity contribution in [1.82, 2.24) is 14.9 Å². The lowest BCUT2D eigenvalue weighted by atomic mass is 9.87. The fourth-order valence-electron chi connectivity index (χ4n) is 4.43. The molecule has 35 heavy (non-hydrogen) atoms. The number of nitrogens with zero attached hydrogens (tertiary/aromatic N) is 3. The molecule has 0 saturated carbocycles. The lowest BCUT2D eigenvalue weighted by Crippen LogP contribution is -2.48. The first-order chi connectivity index (χ1) is 16.6. The summed E-state index contributed by atoms with van der Waals surface area (Å²) >= 11 is 0. The second kappa shape index (κ2) is 9.79. The molecule has 0 radical (unpaired) electrons. The van der Waals surface area contributed by atoms with Crippen LogP contribution in [0.1, 0.15) is 56.0 Å². The van der Waals surface area contributed by atoms with E-state index in [9.17, 15) is 28.2 Å². The number of hydrogen-bond acceptors (Lipinski definition) is 6. The van der Waals surface area contributed by atoms with Gasteiger partial charge in [0.05, 0.1) is 29.0 Å². The molecule has 1 aliphatic heterocycles. The molecule has 1 saturated heterocycles. The van der Waals surface area contributed by atoms with Crippen LogP contribution in [0.25, 0.3) is 10.9 Å². The number of piperidine rings is 1. The Balaban J connectivity index is 1.61. The molecule has 1 aromatic carbocycles. The zero-order valence-corrected chi connectivity index (χ0v) is 19.4. The monoisotopic (exact) mass is 488 g/mol. The Kier molecular flexibility index (Phi) is 6.95. The number of aliphatic hydroxyl groups is 2. The van der Waals surface area contributed by atoms with Crippen LogP contribution in [0.4, 0.5) is 18.9 Å².